The van der Waals surface area contributed by atoms with Gasteiger partial charge in [-0.2, -0.15) is 4.98 Å². The lowest BCUT2D eigenvalue weighted by Gasteiger charge is -2.10. The molecule has 0 spiro atoms. The van der Waals surface area contributed by atoms with Crippen LogP contribution in [0.2, 0.25) is 5.02 Å². The van der Waals surface area contributed by atoms with Crippen LogP contribution in [0.4, 0.5) is 31.9 Å². The molecule has 0 saturated carbocycles. The zero-order chi connectivity index (χ0) is 17.1. The third kappa shape index (κ3) is 3.97. The van der Waals surface area contributed by atoms with E-state index in [0.717, 1.165) is 0 Å². The zero-order valence-electron chi connectivity index (χ0n) is 12.6. The van der Waals surface area contributed by atoms with Gasteiger partial charge in [-0.15, -0.1) is 0 Å². The van der Waals surface area contributed by atoms with Crippen LogP contribution in [0.1, 0.15) is 5.69 Å². The highest BCUT2D eigenvalue weighted by Crippen LogP contribution is 2.23. The average Bonchev–Trinajstić information content (AvgIpc) is 2.50. The minimum Gasteiger partial charge on any atom is -0.340 e. The molecule has 3 aromatic rings. The first kappa shape index (κ1) is 16.1. The van der Waals surface area contributed by atoms with Gasteiger partial charge in [0.05, 0.1) is 5.02 Å². The summed E-state index contributed by atoms with van der Waals surface area (Å²) in [5.41, 5.74) is 1.84. The molecular formula is C17H13ClF2N4. The van der Waals surface area contributed by atoms with Crippen LogP contribution >= 0.6 is 11.6 Å². The van der Waals surface area contributed by atoms with Crippen molar-refractivity contribution in [3.63, 3.8) is 0 Å². The number of aryl methyl sites for hydroxylation is 1. The maximum absolute atomic E-state index is 13.3. The number of nitrogens with one attached hydrogen (secondary N) is 2. The minimum absolute atomic E-state index is 0.00534. The molecule has 1 aromatic heterocycles. The Morgan fingerprint density at radius 1 is 0.917 bits per heavy atom. The maximum Gasteiger partial charge on any atom is 0.229 e. The predicted molar refractivity (Wildman–Crippen MR) is 91.1 cm³/mol. The van der Waals surface area contributed by atoms with Crippen molar-refractivity contribution in [2.45, 2.75) is 6.92 Å². The number of anilines is 4. The topological polar surface area (TPSA) is 49.8 Å². The van der Waals surface area contributed by atoms with E-state index in [1.807, 2.05) is 0 Å². The predicted octanol–water partition coefficient (Wildman–Crippen LogP) is 5.20. The summed E-state index contributed by atoms with van der Waals surface area (Å²) in [6.45, 7) is 1.81. The molecule has 0 amide bonds. The molecule has 0 bridgehead atoms. The largest absolute Gasteiger partial charge is 0.340 e. The summed E-state index contributed by atoms with van der Waals surface area (Å²) in [4.78, 5) is 8.58. The summed E-state index contributed by atoms with van der Waals surface area (Å²) < 4.78 is 26.5. The lowest BCUT2D eigenvalue weighted by Crippen LogP contribution is -2.02. The Bertz CT molecular complexity index is 886. The Kier molecular flexibility index (Phi) is 4.57. The molecular weight excluding hydrogens is 334 g/mol. The highest BCUT2D eigenvalue weighted by atomic mass is 35.5. The van der Waals surface area contributed by atoms with Gasteiger partial charge in [0, 0.05) is 23.1 Å². The Balaban J connectivity index is 1.84. The molecule has 122 valence electrons. The number of aromatic nitrogens is 2. The fourth-order valence-electron chi connectivity index (χ4n) is 2.11. The summed E-state index contributed by atoms with van der Waals surface area (Å²) in [6.07, 6.45) is 0. The van der Waals surface area contributed by atoms with Crippen LogP contribution in [0.3, 0.4) is 0 Å². The van der Waals surface area contributed by atoms with Crippen LogP contribution in [0, 0.1) is 18.6 Å². The SMILES string of the molecule is Cc1cc(Nc2cccc(F)c2)nc(Nc2ccc(F)c(Cl)c2)n1. The molecule has 0 radical (unpaired) electrons. The molecule has 0 aliphatic rings. The monoisotopic (exact) mass is 346 g/mol. The summed E-state index contributed by atoms with van der Waals surface area (Å²) >= 11 is 5.76. The fourth-order valence-corrected chi connectivity index (χ4v) is 2.29. The van der Waals surface area contributed by atoms with Gasteiger partial charge in [-0.3, -0.25) is 0 Å². The van der Waals surface area contributed by atoms with E-state index < -0.39 is 5.82 Å². The number of benzene rings is 2. The Morgan fingerprint density at radius 2 is 1.71 bits per heavy atom. The van der Waals surface area contributed by atoms with Gasteiger partial charge in [-0.25, -0.2) is 13.8 Å². The standard InChI is InChI=1S/C17H13ClF2N4/c1-10-7-16(22-12-4-2-3-11(19)8-12)24-17(21-10)23-13-5-6-15(20)14(18)9-13/h2-9H,1H3,(H2,21,22,23,24). The van der Waals surface area contributed by atoms with Crippen molar-refractivity contribution in [3.8, 4) is 0 Å². The highest BCUT2D eigenvalue weighted by Gasteiger charge is 2.06. The Morgan fingerprint density at radius 3 is 2.46 bits per heavy atom. The second kappa shape index (κ2) is 6.80. The van der Waals surface area contributed by atoms with Gasteiger partial charge in [0.1, 0.15) is 17.5 Å². The van der Waals surface area contributed by atoms with Crippen molar-refractivity contribution in [2.24, 2.45) is 0 Å². The molecule has 0 atom stereocenters. The molecule has 0 unspecified atom stereocenters. The molecule has 1 heterocycles. The van der Waals surface area contributed by atoms with Crippen molar-refractivity contribution in [2.75, 3.05) is 10.6 Å². The summed E-state index contributed by atoms with van der Waals surface area (Å²) in [6, 6.07) is 12.0. The molecule has 0 aliphatic heterocycles. The van der Waals surface area contributed by atoms with Crippen molar-refractivity contribution in [3.05, 3.63) is 70.9 Å². The fraction of sp³-hybridized carbons (Fsp3) is 0.0588. The van der Waals surface area contributed by atoms with Gasteiger partial charge in [-0.05, 0) is 43.3 Å². The average molecular weight is 347 g/mol. The van der Waals surface area contributed by atoms with Crippen molar-refractivity contribution < 1.29 is 8.78 Å². The lowest BCUT2D eigenvalue weighted by atomic mass is 10.3. The Labute approximate surface area is 142 Å². The third-order valence-electron chi connectivity index (χ3n) is 3.13. The molecule has 3 rings (SSSR count). The summed E-state index contributed by atoms with van der Waals surface area (Å²) in [7, 11) is 0. The van der Waals surface area contributed by atoms with E-state index in [4.69, 9.17) is 11.6 Å². The number of hydrogen-bond donors (Lipinski definition) is 2. The molecule has 7 heteroatoms. The highest BCUT2D eigenvalue weighted by molar-refractivity contribution is 6.31. The summed E-state index contributed by atoms with van der Waals surface area (Å²) in [5, 5.41) is 5.98. The number of nitrogens with zero attached hydrogens (tertiary/aromatic N) is 2. The molecule has 0 aliphatic carbocycles. The Hall–Kier alpha value is -2.73. The normalized spacial score (nSPS) is 10.5. The van der Waals surface area contributed by atoms with Crippen LogP contribution in [-0.4, -0.2) is 9.97 Å². The molecule has 2 aromatic carbocycles. The van der Waals surface area contributed by atoms with Crippen molar-refractivity contribution >= 4 is 34.7 Å². The number of rotatable bonds is 4. The first-order valence-electron chi connectivity index (χ1n) is 7.10. The second-order valence-electron chi connectivity index (χ2n) is 5.11. The van der Waals surface area contributed by atoms with Crippen molar-refractivity contribution in [1.29, 1.82) is 0 Å². The lowest BCUT2D eigenvalue weighted by molar-refractivity contribution is 0.628. The number of hydrogen-bond acceptors (Lipinski definition) is 4. The van der Waals surface area contributed by atoms with E-state index >= 15 is 0 Å². The third-order valence-corrected chi connectivity index (χ3v) is 3.42. The van der Waals surface area contributed by atoms with Gasteiger partial charge in [-0.1, -0.05) is 17.7 Å². The number of halogens is 3. The van der Waals surface area contributed by atoms with Gasteiger partial charge in [0.15, 0.2) is 0 Å². The van der Waals surface area contributed by atoms with E-state index in [0.29, 0.717) is 28.8 Å². The minimum atomic E-state index is -0.499. The van der Waals surface area contributed by atoms with Crippen LogP contribution < -0.4 is 10.6 Å². The molecule has 4 nitrogen and oxygen atoms in total. The smallest absolute Gasteiger partial charge is 0.229 e. The van der Waals surface area contributed by atoms with Crippen LogP contribution in [0.15, 0.2) is 48.5 Å². The van der Waals surface area contributed by atoms with Gasteiger partial charge in [0.2, 0.25) is 5.95 Å². The van der Waals surface area contributed by atoms with E-state index in [1.54, 1.807) is 25.1 Å². The zero-order valence-corrected chi connectivity index (χ0v) is 13.4. The molecule has 2 N–H and O–H groups in total. The van der Waals surface area contributed by atoms with Crippen LogP contribution in [0.25, 0.3) is 0 Å². The van der Waals surface area contributed by atoms with E-state index in [9.17, 15) is 8.78 Å². The van der Waals surface area contributed by atoms with E-state index in [-0.39, 0.29) is 10.8 Å². The van der Waals surface area contributed by atoms with E-state index in [2.05, 4.69) is 20.6 Å². The molecule has 24 heavy (non-hydrogen) atoms. The van der Waals surface area contributed by atoms with Gasteiger partial charge >= 0.3 is 0 Å². The maximum atomic E-state index is 13.3. The second-order valence-corrected chi connectivity index (χ2v) is 5.51. The van der Waals surface area contributed by atoms with Crippen LogP contribution in [-0.2, 0) is 0 Å². The van der Waals surface area contributed by atoms with Crippen LogP contribution in [0.5, 0.6) is 0 Å². The quantitative estimate of drug-likeness (QED) is 0.681. The van der Waals surface area contributed by atoms with Gasteiger partial charge in [0.25, 0.3) is 0 Å². The molecule has 0 saturated heterocycles. The molecule has 0 fully saturated rings. The first-order valence-corrected chi connectivity index (χ1v) is 7.48. The van der Waals surface area contributed by atoms with E-state index in [1.165, 1.54) is 30.3 Å². The van der Waals surface area contributed by atoms with Crippen molar-refractivity contribution in [1.82, 2.24) is 9.97 Å². The summed E-state index contributed by atoms with van der Waals surface area (Å²) in [5.74, 6) is -0.0219. The van der Waals surface area contributed by atoms with Gasteiger partial charge < -0.3 is 10.6 Å². The first-order chi connectivity index (χ1) is 11.5.